The van der Waals surface area contributed by atoms with Gasteiger partial charge < -0.3 is 4.74 Å². The van der Waals surface area contributed by atoms with E-state index in [1.165, 1.54) is 92.5 Å². The lowest BCUT2D eigenvalue weighted by atomic mass is 9.83. The Balaban J connectivity index is 1.08. The molecule has 9 aromatic rings. The third-order valence-corrected chi connectivity index (χ3v) is 10.5. The van der Waals surface area contributed by atoms with E-state index < -0.39 is 0 Å². The van der Waals surface area contributed by atoms with E-state index in [4.69, 9.17) is 4.74 Å². The van der Waals surface area contributed by atoms with Gasteiger partial charge in [-0.25, -0.2) is 0 Å². The highest BCUT2D eigenvalue weighted by Crippen LogP contribution is 2.48. The molecule has 208 valence electrons. The van der Waals surface area contributed by atoms with Crippen LogP contribution in [0.15, 0.2) is 146 Å². The van der Waals surface area contributed by atoms with Crippen molar-refractivity contribution < 1.29 is 4.74 Å². The number of ether oxygens (including phenoxy) is 1. The summed E-state index contributed by atoms with van der Waals surface area (Å²) < 4.78 is 6.53. The summed E-state index contributed by atoms with van der Waals surface area (Å²) in [5.41, 5.74) is 6.33. The average Bonchev–Trinajstić information content (AvgIpc) is 3.46. The lowest BCUT2D eigenvalue weighted by Crippen LogP contribution is -2.17. The molecule has 1 aliphatic carbocycles. The van der Waals surface area contributed by atoms with Crippen LogP contribution >= 0.6 is 0 Å². The van der Waals surface area contributed by atoms with Gasteiger partial charge in [0.05, 0.1) is 0 Å². The minimum atomic E-state index is 0.0111. The Kier molecular flexibility index (Phi) is 4.48. The first kappa shape index (κ1) is 23.8. The van der Waals surface area contributed by atoms with Crippen LogP contribution in [0.5, 0.6) is 5.75 Å². The summed E-state index contributed by atoms with van der Waals surface area (Å²) >= 11 is 0. The van der Waals surface area contributed by atoms with Gasteiger partial charge in [0.15, 0.2) is 0 Å². The van der Waals surface area contributed by atoms with Gasteiger partial charge in [0.1, 0.15) is 11.9 Å². The normalized spacial score (nSPS) is 17.6. The lowest BCUT2D eigenvalue weighted by Gasteiger charge is -2.21. The third-order valence-electron chi connectivity index (χ3n) is 10.5. The number of benzene rings is 9. The topological polar surface area (TPSA) is 9.23 Å². The Morgan fingerprint density at radius 2 is 1.07 bits per heavy atom. The van der Waals surface area contributed by atoms with E-state index in [1.54, 1.807) is 0 Å². The zero-order valence-electron chi connectivity index (χ0n) is 24.4. The van der Waals surface area contributed by atoms with Crippen molar-refractivity contribution in [2.45, 2.75) is 12.0 Å². The van der Waals surface area contributed by atoms with Crippen molar-refractivity contribution in [3.63, 3.8) is 0 Å². The Bertz CT molecular complexity index is 2730. The molecule has 0 aromatic heterocycles. The van der Waals surface area contributed by atoms with E-state index in [0.717, 1.165) is 5.75 Å². The Morgan fingerprint density at radius 3 is 1.84 bits per heavy atom. The first-order chi connectivity index (χ1) is 22.3. The molecular formula is C44H26O. The summed E-state index contributed by atoms with van der Waals surface area (Å²) in [7, 11) is 0. The number of allylic oxidation sites excluding steroid dienone is 2. The molecule has 2 atom stereocenters. The number of hydrogen-bond acceptors (Lipinski definition) is 1. The van der Waals surface area contributed by atoms with Crippen LogP contribution in [0.25, 0.3) is 81.3 Å². The van der Waals surface area contributed by atoms with Crippen molar-refractivity contribution >= 4 is 70.2 Å². The maximum atomic E-state index is 6.53. The summed E-state index contributed by atoms with van der Waals surface area (Å²) in [6, 6.07) is 47.4. The molecule has 1 aliphatic heterocycles. The SMILES string of the molecule is C1=CC2Oc3ccc(-c4cc5cccc6ccc7cccc4c7c65)cc3C2C=C1c1ccc2ccc3cccc4ccc1c2c34. The fourth-order valence-electron chi connectivity index (χ4n) is 8.44. The van der Waals surface area contributed by atoms with Crippen molar-refractivity contribution in [1.29, 1.82) is 0 Å². The first-order valence-electron chi connectivity index (χ1n) is 15.8. The molecule has 0 N–H and O–H groups in total. The number of fused-ring (bicyclic) bond motifs is 3. The van der Waals surface area contributed by atoms with Gasteiger partial charge >= 0.3 is 0 Å². The maximum absolute atomic E-state index is 6.53. The van der Waals surface area contributed by atoms with Gasteiger partial charge in [-0.3, -0.25) is 0 Å². The molecule has 1 heteroatoms. The predicted molar refractivity (Wildman–Crippen MR) is 190 cm³/mol. The Hall–Kier alpha value is -5.66. The van der Waals surface area contributed by atoms with Crippen LogP contribution in [0.3, 0.4) is 0 Å². The highest BCUT2D eigenvalue weighted by molar-refractivity contribution is 6.27. The van der Waals surface area contributed by atoms with Gasteiger partial charge in [-0.1, -0.05) is 121 Å². The van der Waals surface area contributed by atoms with Crippen LogP contribution in [-0.2, 0) is 0 Å². The summed E-state index contributed by atoms with van der Waals surface area (Å²) in [5.74, 6) is 1.15. The molecule has 0 amide bonds. The quantitative estimate of drug-likeness (QED) is 0.188. The standard InChI is InChI=1S/C44H26O/c1-4-25-11-13-29-14-18-33(35-19-15-27(5-1)41(25)44(29)35)30-16-20-39-37(22-30)38-23-31(17-21-40(38)45-39)36-24-32-8-2-6-26-10-12-28-7-3-9-34(36)43(28)42(26)32/h1-24,37,39H. The largest absolute Gasteiger partial charge is 0.485 e. The van der Waals surface area contributed by atoms with Crippen molar-refractivity contribution in [1.82, 2.24) is 0 Å². The molecular weight excluding hydrogens is 544 g/mol. The summed E-state index contributed by atoms with van der Waals surface area (Å²) in [6.07, 6.45) is 6.98. The van der Waals surface area contributed by atoms with Crippen LogP contribution in [0.2, 0.25) is 0 Å². The van der Waals surface area contributed by atoms with Crippen molar-refractivity contribution in [3.05, 3.63) is 157 Å². The van der Waals surface area contributed by atoms with Crippen LogP contribution in [0, 0.1) is 0 Å². The summed E-state index contributed by atoms with van der Waals surface area (Å²) in [5, 5.41) is 15.8. The molecule has 0 fully saturated rings. The molecule has 1 nitrogen and oxygen atoms in total. The van der Waals surface area contributed by atoms with Crippen LogP contribution in [0.4, 0.5) is 0 Å². The van der Waals surface area contributed by atoms with Gasteiger partial charge in [-0.05, 0) is 111 Å². The van der Waals surface area contributed by atoms with Crippen molar-refractivity contribution in [3.8, 4) is 16.9 Å². The van der Waals surface area contributed by atoms with Gasteiger partial charge in [-0.15, -0.1) is 0 Å². The minimum Gasteiger partial charge on any atom is -0.485 e. The van der Waals surface area contributed by atoms with Crippen molar-refractivity contribution in [2.75, 3.05) is 0 Å². The van der Waals surface area contributed by atoms with E-state index in [1.807, 2.05) is 0 Å². The highest BCUT2D eigenvalue weighted by Gasteiger charge is 2.34. The maximum Gasteiger partial charge on any atom is 0.128 e. The highest BCUT2D eigenvalue weighted by atomic mass is 16.5. The van der Waals surface area contributed by atoms with E-state index in [0.29, 0.717) is 0 Å². The molecule has 11 rings (SSSR count). The van der Waals surface area contributed by atoms with Crippen LogP contribution in [-0.4, -0.2) is 6.10 Å². The third kappa shape index (κ3) is 3.17. The van der Waals surface area contributed by atoms with E-state index >= 15 is 0 Å². The second-order valence-corrected chi connectivity index (χ2v) is 12.8. The molecule has 2 aliphatic rings. The van der Waals surface area contributed by atoms with Gasteiger partial charge in [0, 0.05) is 11.5 Å². The summed E-state index contributed by atoms with van der Waals surface area (Å²) in [6.45, 7) is 0. The molecule has 0 radical (unpaired) electrons. The van der Waals surface area contributed by atoms with Crippen molar-refractivity contribution in [2.24, 2.45) is 0 Å². The van der Waals surface area contributed by atoms with Gasteiger partial charge in [-0.2, -0.15) is 0 Å². The second-order valence-electron chi connectivity index (χ2n) is 12.8. The zero-order chi connectivity index (χ0) is 29.2. The molecule has 45 heavy (non-hydrogen) atoms. The zero-order valence-corrected chi connectivity index (χ0v) is 24.4. The lowest BCUT2D eigenvalue weighted by molar-refractivity contribution is 0.269. The number of hydrogen-bond donors (Lipinski definition) is 0. The van der Waals surface area contributed by atoms with Crippen LogP contribution < -0.4 is 4.74 Å². The second kappa shape index (κ2) is 8.49. The van der Waals surface area contributed by atoms with Crippen LogP contribution in [0.1, 0.15) is 17.0 Å². The fourth-order valence-corrected chi connectivity index (χ4v) is 8.44. The molecule has 1 heterocycles. The summed E-state index contributed by atoms with van der Waals surface area (Å²) in [4.78, 5) is 0. The Labute approximate surface area is 260 Å². The molecule has 2 unspecified atom stereocenters. The van der Waals surface area contributed by atoms with E-state index in [9.17, 15) is 0 Å². The average molecular weight is 571 g/mol. The minimum absolute atomic E-state index is 0.0111. The van der Waals surface area contributed by atoms with E-state index in [-0.39, 0.29) is 12.0 Å². The smallest absolute Gasteiger partial charge is 0.128 e. The molecule has 0 bridgehead atoms. The van der Waals surface area contributed by atoms with Gasteiger partial charge in [0.2, 0.25) is 0 Å². The first-order valence-corrected chi connectivity index (χ1v) is 15.8. The fraction of sp³-hybridized carbons (Fsp3) is 0.0455. The molecule has 0 spiro atoms. The molecule has 0 saturated carbocycles. The molecule has 0 saturated heterocycles. The molecule has 9 aromatic carbocycles. The number of rotatable bonds is 2. The Morgan fingerprint density at radius 1 is 0.467 bits per heavy atom. The van der Waals surface area contributed by atoms with E-state index in [2.05, 4.69) is 146 Å². The van der Waals surface area contributed by atoms with Gasteiger partial charge in [0.25, 0.3) is 0 Å². The predicted octanol–water partition coefficient (Wildman–Crippen LogP) is 11.6. The monoisotopic (exact) mass is 570 g/mol.